The Morgan fingerprint density at radius 1 is 1.16 bits per heavy atom. The van der Waals surface area contributed by atoms with E-state index in [1.807, 2.05) is 0 Å². The van der Waals surface area contributed by atoms with Crippen molar-refractivity contribution in [2.75, 3.05) is 0 Å². The predicted molar refractivity (Wildman–Crippen MR) is 131 cm³/mol. The first-order chi connectivity index (χ1) is 18.1. The number of fused-ring (bicyclic) bond motifs is 1. The Morgan fingerprint density at radius 3 is 2.55 bits per heavy atom. The fourth-order valence-corrected chi connectivity index (χ4v) is 4.37. The molecule has 2 aliphatic heterocycles. The number of rotatable bonds is 5. The van der Waals surface area contributed by atoms with E-state index < -0.39 is 47.0 Å². The number of carbonyl (C=O) groups excluding carboxylic acids is 3. The Kier molecular flexibility index (Phi) is 6.19. The fourth-order valence-electron chi connectivity index (χ4n) is 4.22. The number of hydrogen-bond acceptors (Lipinski definition) is 7. The second kappa shape index (κ2) is 9.38. The molecule has 13 heteroatoms. The standard InChI is InChI=1S/C25H17ClF2N4O6/c1-11-15(26)4-3-14-13(10-29-21(11)14)9-18-23(35)31(25(37)30-18)22(12-2-5-16(27)17(28)8-12)24(36)38-32-19(33)6-7-20(32)34/h2-5,8-10,22,35H,6-7H2,1H3,(H,30,37). The molecule has 5 rings (SSSR count). The van der Waals surface area contributed by atoms with Gasteiger partial charge >= 0.3 is 11.7 Å². The Hall–Kier alpha value is -4.58. The minimum atomic E-state index is -1.90. The van der Waals surface area contributed by atoms with Crippen molar-refractivity contribution in [3.05, 3.63) is 79.9 Å². The Bertz CT molecular complexity index is 1640. The Balaban J connectivity index is 1.59. The molecule has 2 aromatic carbocycles. The van der Waals surface area contributed by atoms with Crippen molar-refractivity contribution in [1.82, 2.24) is 14.6 Å². The Morgan fingerprint density at radius 2 is 1.87 bits per heavy atom. The van der Waals surface area contributed by atoms with E-state index in [9.17, 15) is 33.1 Å². The number of allylic oxidation sites excluding steroid dienone is 1. The minimum absolute atomic E-state index is 0.134. The zero-order chi connectivity index (χ0) is 27.3. The van der Waals surface area contributed by atoms with Gasteiger partial charge in [0.15, 0.2) is 17.7 Å². The van der Waals surface area contributed by atoms with Crippen LogP contribution in [-0.4, -0.2) is 43.7 Å². The summed E-state index contributed by atoms with van der Waals surface area (Å²) >= 11 is 6.15. The number of imide groups is 1. The lowest BCUT2D eigenvalue weighted by Crippen LogP contribution is -2.37. The largest absolute Gasteiger partial charge is 0.493 e. The molecule has 3 heterocycles. The van der Waals surface area contributed by atoms with Crippen molar-refractivity contribution in [3.63, 3.8) is 0 Å². The summed E-state index contributed by atoms with van der Waals surface area (Å²) in [6.45, 7) is 1.78. The van der Waals surface area contributed by atoms with E-state index in [2.05, 4.69) is 9.98 Å². The van der Waals surface area contributed by atoms with Gasteiger partial charge in [-0.15, -0.1) is 5.06 Å². The molecular formula is C25H17ClF2N4O6. The van der Waals surface area contributed by atoms with Crippen LogP contribution < -0.4 is 5.69 Å². The van der Waals surface area contributed by atoms with Crippen LogP contribution in [0.3, 0.4) is 0 Å². The number of hydroxylamine groups is 2. The molecule has 0 bridgehead atoms. The van der Waals surface area contributed by atoms with Crippen LogP contribution in [0.15, 0.2) is 40.1 Å². The summed E-state index contributed by atoms with van der Waals surface area (Å²) in [5.41, 5.74) is 1.07. The average Bonchev–Trinajstić information content (AvgIpc) is 3.51. The van der Waals surface area contributed by atoms with Crippen LogP contribution >= 0.6 is 11.6 Å². The number of amides is 2. The van der Waals surface area contributed by atoms with Gasteiger partial charge in [0.05, 0.1) is 5.69 Å². The normalized spacial score (nSPS) is 16.4. The highest BCUT2D eigenvalue weighted by Gasteiger charge is 2.38. The molecule has 3 aromatic rings. The van der Waals surface area contributed by atoms with Gasteiger partial charge in [0.1, 0.15) is 5.69 Å². The third-order valence-electron chi connectivity index (χ3n) is 6.17. The molecule has 0 saturated carbocycles. The van der Waals surface area contributed by atoms with Crippen molar-refractivity contribution >= 4 is 52.9 Å². The minimum Gasteiger partial charge on any atom is -0.493 e. The number of aliphatic imine (C=N–C) groups is 1. The lowest BCUT2D eigenvalue weighted by molar-refractivity contribution is -0.199. The Labute approximate surface area is 217 Å². The van der Waals surface area contributed by atoms with Crippen LogP contribution in [-0.2, 0) is 19.2 Å². The van der Waals surface area contributed by atoms with Crippen LogP contribution in [0.5, 0.6) is 5.88 Å². The number of nitrogens with one attached hydrogen (secondary N) is 1. The molecule has 2 amide bonds. The van der Waals surface area contributed by atoms with Crippen molar-refractivity contribution < 1.29 is 33.1 Å². The van der Waals surface area contributed by atoms with E-state index in [4.69, 9.17) is 16.4 Å². The van der Waals surface area contributed by atoms with Gasteiger partial charge < -0.3 is 14.9 Å². The lowest BCUT2D eigenvalue weighted by atomic mass is 10.0. The van der Waals surface area contributed by atoms with Crippen molar-refractivity contribution in [1.29, 1.82) is 0 Å². The molecule has 10 nitrogen and oxygen atoms in total. The highest BCUT2D eigenvalue weighted by molar-refractivity contribution is 6.32. The summed E-state index contributed by atoms with van der Waals surface area (Å²) in [6.07, 6.45) is 2.51. The maximum atomic E-state index is 14.1. The van der Waals surface area contributed by atoms with E-state index in [0.717, 1.165) is 11.6 Å². The molecule has 1 atom stereocenters. The highest BCUT2D eigenvalue weighted by atomic mass is 35.5. The summed E-state index contributed by atoms with van der Waals surface area (Å²) in [5, 5.41) is 11.7. The fraction of sp³-hybridized carbons (Fsp3) is 0.160. The third-order valence-corrected chi connectivity index (χ3v) is 6.58. The molecular weight excluding hydrogens is 526 g/mol. The SMILES string of the molecule is Cc1c(Cl)ccc2c1N=CC2=Cc1[nH]c(=O)n(C(C(=O)ON2C(=O)CCC2=O)c2ccc(F)c(F)c2)c1O. The van der Waals surface area contributed by atoms with Crippen LogP contribution in [0.25, 0.3) is 11.6 Å². The maximum Gasteiger partial charge on any atom is 0.360 e. The molecule has 2 aliphatic rings. The van der Waals surface area contributed by atoms with E-state index in [1.165, 1.54) is 12.3 Å². The molecule has 0 radical (unpaired) electrons. The smallest absolute Gasteiger partial charge is 0.360 e. The number of hydrogen-bond donors (Lipinski definition) is 2. The second-order valence-corrected chi connectivity index (χ2v) is 8.94. The summed E-state index contributed by atoms with van der Waals surface area (Å²) in [6, 6.07) is 3.84. The summed E-state index contributed by atoms with van der Waals surface area (Å²) < 4.78 is 28.3. The van der Waals surface area contributed by atoms with Gasteiger partial charge in [-0.05, 0) is 42.3 Å². The van der Waals surface area contributed by atoms with Gasteiger partial charge in [-0.1, -0.05) is 23.7 Å². The van der Waals surface area contributed by atoms with E-state index >= 15 is 0 Å². The number of imidazole rings is 1. The zero-order valence-electron chi connectivity index (χ0n) is 19.5. The summed E-state index contributed by atoms with van der Waals surface area (Å²) in [7, 11) is 0. The van der Waals surface area contributed by atoms with Gasteiger partial charge in [0.2, 0.25) is 5.88 Å². The molecule has 0 aliphatic carbocycles. The number of H-pyrrole nitrogens is 1. The monoisotopic (exact) mass is 542 g/mol. The van der Waals surface area contributed by atoms with Gasteiger partial charge in [-0.3, -0.25) is 14.6 Å². The lowest BCUT2D eigenvalue weighted by Gasteiger charge is -2.20. The quantitative estimate of drug-likeness (QED) is 0.473. The number of nitrogens with zero attached hydrogens (tertiary/aromatic N) is 3. The van der Waals surface area contributed by atoms with Crippen LogP contribution in [0, 0.1) is 18.6 Å². The van der Waals surface area contributed by atoms with E-state index in [-0.39, 0.29) is 29.2 Å². The first-order valence-electron chi connectivity index (χ1n) is 11.2. The van der Waals surface area contributed by atoms with E-state index in [0.29, 0.717) is 38.5 Å². The number of carbonyl (C=O) groups is 3. The summed E-state index contributed by atoms with van der Waals surface area (Å²) in [5.74, 6) is -6.27. The van der Waals surface area contributed by atoms with Crippen molar-refractivity contribution in [3.8, 4) is 5.88 Å². The first-order valence-corrected chi connectivity index (χ1v) is 11.6. The topological polar surface area (TPSA) is 134 Å². The van der Waals surface area contributed by atoms with Gasteiger partial charge in [0.25, 0.3) is 11.8 Å². The number of aromatic amines is 1. The van der Waals surface area contributed by atoms with Gasteiger partial charge in [-0.2, -0.15) is 0 Å². The van der Waals surface area contributed by atoms with E-state index in [1.54, 1.807) is 19.1 Å². The first kappa shape index (κ1) is 25.1. The van der Waals surface area contributed by atoms with Gasteiger partial charge in [-0.25, -0.2) is 22.9 Å². The molecule has 1 aromatic heterocycles. The van der Waals surface area contributed by atoms with Gasteiger partial charge in [0, 0.05) is 35.2 Å². The molecule has 1 fully saturated rings. The molecule has 0 spiro atoms. The number of aromatic nitrogens is 2. The predicted octanol–water partition coefficient (Wildman–Crippen LogP) is 3.58. The average molecular weight is 543 g/mol. The molecule has 2 N–H and O–H groups in total. The number of aromatic hydroxyl groups is 1. The molecule has 194 valence electrons. The van der Waals surface area contributed by atoms with Crippen LogP contribution in [0.2, 0.25) is 5.02 Å². The third kappa shape index (κ3) is 4.18. The molecule has 1 unspecified atom stereocenters. The maximum absolute atomic E-state index is 14.1. The zero-order valence-corrected chi connectivity index (χ0v) is 20.3. The van der Waals surface area contributed by atoms with Crippen molar-refractivity contribution in [2.24, 2.45) is 4.99 Å². The van der Waals surface area contributed by atoms with Crippen LogP contribution in [0.1, 0.15) is 41.3 Å². The van der Waals surface area contributed by atoms with Crippen LogP contribution in [0.4, 0.5) is 14.5 Å². The molecule has 1 saturated heterocycles. The number of halogens is 3. The molecule has 38 heavy (non-hydrogen) atoms. The highest BCUT2D eigenvalue weighted by Crippen LogP contribution is 2.39. The van der Waals surface area contributed by atoms with Crippen molar-refractivity contribution in [2.45, 2.75) is 25.8 Å². The number of benzene rings is 2. The second-order valence-electron chi connectivity index (χ2n) is 8.53. The summed E-state index contributed by atoms with van der Waals surface area (Å²) in [4.78, 5) is 61.7.